The maximum absolute atomic E-state index is 12.7. The number of nitrogens with zero attached hydrogens (tertiary/aromatic N) is 4. The SMILES string of the molecule is O=C(Nc1cnn(COCC(F)(F)F)c1)c1ccn(COc2cccc(C(F)(F)F)c2)n1. The fourth-order valence-electron chi connectivity index (χ4n) is 2.41. The standard InChI is InChI=1S/C18H15F6N5O3/c19-17(20,21)9-31-10-29-8-13(7-25-29)26-16(30)15-4-5-28(27-15)11-32-14-3-1-2-12(6-14)18(22,23)24/h1-8H,9-11H2,(H,26,30). The third kappa shape index (κ3) is 6.73. The summed E-state index contributed by atoms with van der Waals surface area (Å²) < 4.78 is 86.4. The summed E-state index contributed by atoms with van der Waals surface area (Å²) in [6, 6.07) is 5.65. The van der Waals surface area contributed by atoms with Crippen LogP contribution in [0.25, 0.3) is 0 Å². The van der Waals surface area contributed by atoms with E-state index in [-0.39, 0.29) is 23.9 Å². The molecule has 3 rings (SSSR count). The van der Waals surface area contributed by atoms with Gasteiger partial charge < -0.3 is 14.8 Å². The molecule has 1 aromatic carbocycles. The molecule has 0 bridgehead atoms. The van der Waals surface area contributed by atoms with Gasteiger partial charge in [-0.2, -0.15) is 36.5 Å². The molecule has 3 aromatic rings. The van der Waals surface area contributed by atoms with Crippen LogP contribution in [0, 0.1) is 0 Å². The zero-order valence-electron chi connectivity index (χ0n) is 16.0. The third-order valence-corrected chi connectivity index (χ3v) is 3.78. The van der Waals surface area contributed by atoms with E-state index in [1.165, 1.54) is 41.5 Å². The molecule has 1 amide bonds. The molecule has 0 saturated carbocycles. The Morgan fingerprint density at radius 3 is 2.56 bits per heavy atom. The number of rotatable bonds is 8. The van der Waals surface area contributed by atoms with Gasteiger partial charge >= 0.3 is 12.4 Å². The van der Waals surface area contributed by atoms with Gasteiger partial charge in [0.15, 0.2) is 12.4 Å². The van der Waals surface area contributed by atoms with Crippen molar-refractivity contribution in [2.24, 2.45) is 0 Å². The molecule has 0 aliphatic carbocycles. The fourth-order valence-corrected chi connectivity index (χ4v) is 2.41. The van der Waals surface area contributed by atoms with Crippen LogP contribution < -0.4 is 10.1 Å². The van der Waals surface area contributed by atoms with Crippen LogP contribution in [0.5, 0.6) is 5.75 Å². The highest BCUT2D eigenvalue weighted by atomic mass is 19.4. The molecule has 0 spiro atoms. The number of nitrogens with one attached hydrogen (secondary N) is 1. The lowest BCUT2D eigenvalue weighted by atomic mass is 10.2. The van der Waals surface area contributed by atoms with Gasteiger partial charge in [-0.3, -0.25) is 4.79 Å². The molecule has 172 valence electrons. The van der Waals surface area contributed by atoms with Gasteiger partial charge in [0.2, 0.25) is 0 Å². The number of amides is 1. The van der Waals surface area contributed by atoms with Crippen molar-refractivity contribution in [3.05, 3.63) is 60.2 Å². The first-order chi connectivity index (χ1) is 15.0. The summed E-state index contributed by atoms with van der Waals surface area (Å²) in [5.41, 5.74) is -0.695. The maximum Gasteiger partial charge on any atom is 0.416 e. The quantitative estimate of drug-likeness (QED) is 0.512. The Kier molecular flexibility index (Phi) is 6.72. The Labute approximate surface area is 176 Å². The average Bonchev–Trinajstić information content (AvgIpc) is 3.35. The third-order valence-electron chi connectivity index (χ3n) is 3.78. The number of aromatic nitrogens is 4. The zero-order chi connectivity index (χ0) is 23.4. The lowest BCUT2D eigenvalue weighted by Crippen LogP contribution is -2.18. The van der Waals surface area contributed by atoms with Gasteiger partial charge in [0, 0.05) is 6.20 Å². The van der Waals surface area contributed by atoms with Crippen molar-refractivity contribution in [1.29, 1.82) is 0 Å². The lowest BCUT2D eigenvalue weighted by molar-refractivity contribution is -0.182. The number of halogens is 6. The molecule has 0 saturated heterocycles. The topological polar surface area (TPSA) is 83.2 Å². The van der Waals surface area contributed by atoms with Crippen LogP contribution in [0.3, 0.4) is 0 Å². The van der Waals surface area contributed by atoms with Crippen molar-refractivity contribution < 1.29 is 40.6 Å². The molecule has 0 fully saturated rings. The van der Waals surface area contributed by atoms with Crippen molar-refractivity contribution in [3.63, 3.8) is 0 Å². The van der Waals surface area contributed by atoms with Crippen molar-refractivity contribution in [1.82, 2.24) is 19.6 Å². The Morgan fingerprint density at radius 2 is 1.84 bits per heavy atom. The predicted molar refractivity (Wildman–Crippen MR) is 96.5 cm³/mol. The van der Waals surface area contributed by atoms with E-state index in [2.05, 4.69) is 20.3 Å². The smallest absolute Gasteiger partial charge is 0.416 e. The molecule has 2 aromatic heterocycles. The molecule has 0 radical (unpaired) electrons. The molecular weight excluding hydrogens is 448 g/mol. The van der Waals surface area contributed by atoms with Crippen LogP contribution in [0.2, 0.25) is 0 Å². The van der Waals surface area contributed by atoms with Crippen LogP contribution in [0.1, 0.15) is 16.1 Å². The van der Waals surface area contributed by atoms with Crippen LogP contribution in [-0.2, 0) is 24.4 Å². The molecule has 0 aliphatic heterocycles. The summed E-state index contributed by atoms with van der Waals surface area (Å²) in [5.74, 6) is -0.667. The van der Waals surface area contributed by atoms with Crippen molar-refractivity contribution in [2.75, 3.05) is 11.9 Å². The Hall–Kier alpha value is -3.55. The first kappa shape index (κ1) is 23.1. The van der Waals surface area contributed by atoms with Crippen molar-refractivity contribution in [3.8, 4) is 5.75 Å². The summed E-state index contributed by atoms with van der Waals surface area (Å²) in [6.07, 6.45) is -5.11. The van der Waals surface area contributed by atoms with Crippen LogP contribution >= 0.6 is 0 Å². The highest BCUT2D eigenvalue weighted by Crippen LogP contribution is 2.31. The minimum atomic E-state index is -4.51. The zero-order valence-corrected chi connectivity index (χ0v) is 16.0. The van der Waals surface area contributed by atoms with E-state index in [1.807, 2.05) is 0 Å². The van der Waals surface area contributed by atoms with Crippen LogP contribution in [0.15, 0.2) is 48.9 Å². The number of carbonyl (C=O) groups is 1. The molecule has 14 heteroatoms. The molecule has 0 aliphatic rings. The van der Waals surface area contributed by atoms with Gasteiger partial charge in [0.25, 0.3) is 5.91 Å². The predicted octanol–water partition coefficient (Wildman–Crippen LogP) is 3.92. The summed E-state index contributed by atoms with van der Waals surface area (Å²) in [4.78, 5) is 12.2. The van der Waals surface area contributed by atoms with Gasteiger partial charge in [-0.15, -0.1) is 0 Å². The fraction of sp³-hybridized carbons (Fsp3) is 0.278. The van der Waals surface area contributed by atoms with Gasteiger partial charge in [0.05, 0.1) is 23.6 Å². The van der Waals surface area contributed by atoms with Crippen LogP contribution in [-0.4, -0.2) is 38.3 Å². The minimum absolute atomic E-state index is 0.0264. The van der Waals surface area contributed by atoms with Gasteiger partial charge in [-0.25, -0.2) is 9.36 Å². The highest BCUT2D eigenvalue weighted by molar-refractivity contribution is 6.02. The summed E-state index contributed by atoms with van der Waals surface area (Å²) >= 11 is 0. The first-order valence-corrected chi connectivity index (χ1v) is 8.81. The lowest BCUT2D eigenvalue weighted by Gasteiger charge is -2.10. The van der Waals surface area contributed by atoms with E-state index in [4.69, 9.17) is 4.74 Å². The Balaban J connectivity index is 1.52. The molecule has 32 heavy (non-hydrogen) atoms. The van der Waals surface area contributed by atoms with Crippen LogP contribution in [0.4, 0.5) is 32.0 Å². The van der Waals surface area contributed by atoms with Gasteiger partial charge in [-0.1, -0.05) is 6.07 Å². The average molecular weight is 463 g/mol. The second-order valence-corrected chi connectivity index (χ2v) is 6.35. The summed E-state index contributed by atoms with van der Waals surface area (Å²) in [7, 11) is 0. The molecule has 0 unspecified atom stereocenters. The van der Waals surface area contributed by atoms with E-state index in [0.29, 0.717) is 0 Å². The van der Waals surface area contributed by atoms with Crippen molar-refractivity contribution >= 4 is 11.6 Å². The summed E-state index contributed by atoms with van der Waals surface area (Å²) in [6.45, 7) is -2.14. The number of hydrogen-bond acceptors (Lipinski definition) is 5. The number of ether oxygens (including phenoxy) is 2. The number of benzene rings is 1. The minimum Gasteiger partial charge on any atom is -0.471 e. The van der Waals surface area contributed by atoms with E-state index < -0.39 is 37.2 Å². The van der Waals surface area contributed by atoms with E-state index in [1.54, 1.807) is 0 Å². The van der Waals surface area contributed by atoms with Gasteiger partial charge in [-0.05, 0) is 24.3 Å². The largest absolute Gasteiger partial charge is 0.471 e. The molecule has 8 nitrogen and oxygen atoms in total. The van der Waals surface area contributed by atoms with Crippen molar-refractivity contribution in [2.45, 2.75) is 25.8 Å². The number of alkyl halides is 6. The number of anilines is 1. The Bertz CT molecular complexity index is 1060. The maximum atomic E-state index is 12.7. The normalized spacial score (nSPS) is 12.1. The molecule has 0 atom stereocenters. The van der Waals surface area contributed by atoms with E-state index >= 15 is 0 Å². The molecular formula is C18H15F6N5O3. The Morgan fingerprint density at radius 1 is 1.06 bits per heavy atom. The second kappa shape index (κ2) is 9.30. The summed E-state index contributed by atoms with van der Waals surface area (Å²) in [5, 5.41) is 10.2. The van der Waals surface area contributed by atoms with E-state index in [0.717, 1.165) is 16.8 Å². The van der Waals surface area contributed by atoms with Gasteiger partial charge in [0.1, 0.15) is 19.1 Å². The number of carbonyl (C=O) groups excluding carboxylic acids is 1. The monoisotopic (exact) mass is 463 g/mol. The second-order valence-electron chi connectivity index (χ2n) is 6.35. The van der Waals surface area contributed by atoms with E-state index in [9.17, 15) is 31.1 Å². The highest BCUT2D eigenvalue weighted by Gasteiger charge is 2.30. The number of hydrogen-bond donors (Lipinski definition) is 1. The molecule has 2 heterocycles. The molecule has 1 N–H and O–H groups in total. The first-order valence-electron chi connectivity index (χ1n) is 8.81.